The van der Waals surface area contributed by atoms with Gasteiger partial charge in [-0.2, -0.15) is 21.6 Å². The summed E-state index contributed by atoms with van der Waals surface area (Å²) in [5, 5.41) is 7.72. The Bertz CT molecular complexity index is 565. The van der Waals surface area contributed by atoms with Gasteiger partial charge < -0.3 is 9.29 Å². The van der Waals surface area contributed by atoms with E-state index in [1.807, 2.05) is 0 Å². The molecule has 8 heteroatoms. The van der Waals surface area contributed by atoms with Crippen LogP contribution in [0, 0.1) is 0 Å². The Morgan fingerprint density at radius 3 is 2.67 bits per heavy atom. The third-order valence-corrected chi connectivity index (χ3v) is 4.14. The highest BCUT2D eigenvalue weighted by molar-refractivity contribution is 7.87. The number of phenols is 1. The maximum Gasteiger partial charge on any atom is 0.390 e. The molecule has 1 aromatic carbocycles. The van der Waals surface area contributed by atoms with E-state index in [1.165, 1.54) is 18.2 Å². The number of alkyl halides is 3. The van der Waals surface area contributed by atoms with Crippen LogP contribution in [0.25, 0.3) is 0 Å². The van der Waals surface area contributed by atoms with E-state index in [9.17, 15) is 26.7 Å². The van der Waals surface area contributed by atoms with Crippen molar-refractivity contribution in [2.75, 3.05) is 0 Å². The van der Waals surface area contributed by atoms with Crippen molar-refractivity contribution in [2.24, 2.45) is 0 Å². The van der Waals surface area contributed by atoms with E-state index in [4.69, 9.17) is 0 Å². The Kier molecular flexibility index (Phi) is 2.92. The van der Waals surface area contributed by atoms with Crippen LogP contribution in [0.15, 0.2) is 18.2 Å². The molecule has 1 N–H and O–H groups in total. The Hall–Kier alpha value is -1.44. The number of para-hydroxylation sites is 1. The van der Waals surface area contributed by atoms with Crippen LogP contribution in [0.4, 0.5) is 13.2 Å². The second-order valence-electron chi connectivity index (χ2n) is 3.99. The summed E-state index contributed by atoms with van der Waals surface area (Å²) in [4.78, 5) is 0. The van der Waals surface area contributed by atoms with Gasteiger partial charge in [-0.25, -0.2) is 0 Å². The number of benzene rings is 1. The predicted molar refractivity (Wildman–Crippen MR) is 55.8 cm³/mol. The van der Waals surface area contributed by atoms with Gasteiger partial charge in [0.25, 0.3) is 0 Å². The molecule has 1 aliphatic heterocycles. The maximum atomic E-state index is 12.3. The first-order valence-electron chi connectivity index (χ1n) is 5.00. The van der Waals surface area contributed by atoms with Gasteiger partial charge in [0.05, 0.1) is 6.42 Å². The van der Waals surface area contributed by atoms with Gasteiger partial charge in [-0.15, -0.1) is 0 Å². The largest absolute Gasteiger partial charge is 0.504 e. The molecule has 1 atom stereocenters. The molecule has 1 aromatic rings. The number of hydrogen-bond acceptors (Lipinski definition) is 4. The van der Waals surface area contributed by atoms with Crippen molar-refractivity contribution >= 4 is 10.1 Å². The number of rotatable bonds is 1. The molecule has 4 nitrogen and oxygen atoms in total. The lowest BCUT2D eigenvalue weighted by molar-refractivity contribution is -0.134. The zero-order valence-corrected chi connectivity index (χ0v) is 9.75. The molecule has 0 amide bonds. The van der Waals surface area contributed by atoms with Crippen LogP contribution in [-0.2, 0) is 16.5 Å². The fourth-order valence-corrected chi connectivity index (χ4v) is 3.13. The van der Waals surface area contributed by atoms with Gasteiger partial charge in [-0.05, 0) is 12.5 Å². The summed E-state index contributed by atoms with van der Waals surface area (Å²) in [6.07, 6.45) is -6.38. The molecule has 0 saturated carbocycles. The third-order valence-electron chi connectivity index (χ3n) is 2.59. The smallest absolute Gasteiger partial charge is 0.390 e. The van der Waals surface area contributed by atoms with Crippen LogP contribution >= 0.6 is 0 Å². The highest BCUT2D eigenvalue weighted by Crippen LogP contribution is 2.39. The van der Waals surface area contributed by atoms with E-state index >= 15 is 0 Å². The number of phenolic OH excluding ortho intramolecular Hbond substituents is 1. The number of fused-ring (bicyclic) bond motifs is 1. The monoisotopic (exact) mass is 282 g/mol. The molecule has 1 heterocycles. The molecule has 0 aliphatic carbocycles. The fourth-order valence-electron chi connectivity index (χ4n) is 1.79. The van der Waals surface area contributed by atoms with Crippen LogP contribution in [0.1, 0.15) is 12.0 Å². The van der Waals surface area contributed by atoms with E-state index in [2.05, 4.69) is 4.18 Å². The third kappa shape index (κ3) is 2.53. The minimum Gasteiger partial charge on any atom is -0.504 e. The molecule has 0 bridgehead atoms. The van der Waals surface area contributed by atoms with Gasteiger partial charge in [0.1, 0.15) is 5.25 Å². The average Bonchev–Trinajstić information content (AvgIpc) is 2.19. The Balaban J connectivity index is 2.38. The van der Waals surface area contributed by atoms with Crippen molar-refractivity contribution in [3.05, 3.63) is 23.8 Å². The SMILES string of the molecule is O=S1(=O)Oc2c(O)cccc2CC1CC(F)(F)F. The molecule has 18 heavy (non-hydrogen) atoms. The summed E-state index contributed by atoms with van der Waals surface area (Å²) in [5.41, 5.74) is 0.249. The van der Waals surface area contributed by atoms with Crippen molar-refractivity contribution < 1.29 is 30.9 Å². The first-order chi connectivity index (χ1) is 8.19. The molecule has 2 rings (SSSR count). The molecule has 0 fully saturated rings. The molecular formula is C10H9F3O4S. The first kappa shape index (κ1) is 13.0. The summed E-state index contributed by atoms with van der Waals surface area (Å²) >= 11 is 0. The molecule has 100 valence electrons. The van der Waals surface area contributed by atoms with Gasteiger partial charge >= 0.3 is 16.3 Å². The average molecular weight is 282 g/mol. The molecule has 0 spiro atoms. The second kappa shape index (κ2) is 4.04. The highest BCUT2D eigenvalue weighted by atomic mass is 32.2. The van der Waals surface area contributed by atoms with Gasteiger partial charge in [0, 0.05) is 5.56 Å². The summed E-state index contributed by atoms with van der Waals surface area (Å²) < 4.78 is 64.4. The molecule has 1 aliphatic rings. The number of hydrogen-bond donors (Lipinski definition) is 1. The molecular weight excluding hydrogens is 273 g/mol. The fraction of sp³-hybridized carbons (Fsp3) is 0.400. The van der Waals surface area contributed by atoms with Crippen molar-refractivity contribution in [3.8, 4) is 11.5 Å². The van der Waals surface area contributed by atoms with Gasteiger partial charge in [-0.1, -0.05) is 12.1 Å². The summed E-state index contributed by atoms with van der Waals surface area (Å²) in [7, 11) is -4.37. The molecule has 1 unspecified atom stereocenters. The van der Waals surface area contributed by atoms with Crippen molar-refractivity contribution in [1.29, 1.82) is 0 Å². The van der Waals surface area contributed by atoms with Gasteiger partial charge in [0.15, 0.2) is 11.5 Å². The Morgan fingerprint density at radius 2 is 2.06 bits per heavy atom. The second-order valence-corrected chi connectivity index (χ2v) is 5.81. The maximum absolute atomic E-state index is 12.3. The normalized spacial score (nSPS) is 22.1. The van der Waals surface area contributed by atoms with Crippen LogP contribution in [0.3, 0.4) is 0 Å². The van der Waals surface area contributed by atoms with Gasteiger partial charge in [0.2, 0.25) is 0 Å². The predicted octanol–water partition coefficient (Wildman–Crippen LogP) is 1.98. The quantitative estimate of drug-likeness (QED) is 0.800. The van der Waals surface area contributed by atoms with Crippen LogP contribution in [0.2, 0.25) is 0 Å². The minimum absolute atomic E-state index is 0.249. The number of aromatic hydroxyl groups is 1. The van der Waals surface area contributed by atoms with E-state index in [1.54, 1.807) is 0 Å². The number of halogens is 3. The lowest BCUT2D eigenvalue weighted by Gasteiger charge is -2.25. The molecule has 0 saturated heterocycles. The van der Waals surface area contributed by atoms with E-state index in [0.29, 0.717) is 0 Å². The Morgan fingerprint density at radius 1 is 1.39 bits per heavy atom. The topological polar surface area (TPSA) is 63.6 Å². The summed E-state index contributed by atoms with van der Waals surface area (Å²) in [6, 6.07) is 4.05. The van der Waals surface area contributed by atoms with E-state index in [-0.39, 0.29) is 17.7 Å². The standard InChI is InChI=1S/C10H9F3O4S/c11-10(12,13)5-7-4-6-2-1-3-8(14)9(6)17-18(7,15)16/h1-3,7,14H,4-5H2. The zero-order valence-electron chi connectivity index (χ0n) is 8.94. The van der Waals surface area contributed by atoms with Crippen LogP contribution in [0.5, 0.6) is 11.5 Å². The lowest BCUT2D eigenvalue weighted by atomic mass is 10.1. The van der Waals surface area contributed by atoms with Gasteiger partial charge in [-0.3, -0.25) is 0 Å². The molecule has 0 radical (unpaired) electrons. The Labute approximate surface area is 101 Å². The summed E-state index contributed by atoms with van der Waals surface area (Å²) in [6.45, 7) is 0. The first-order valence-corrected chi connectivity index (χ1v) is 6.47. The van der Waals surface area contributed by atoms with Crippen molar-refractivity contribution in [2.45, 2.75) is 24.3 Å². The van der Waals surface area contributed by atoms with Crippen LogP contribution in [-0.4, -0.2) is 25.0 Å². The summed E-state index contributed by atoms with van der Waals surface area (Å²) in [5.74, 6) is -0.683. The van der Waals surface area contributed by atoms with Crippen molar-refractivity contribution in [1.82, 2.24) is 0 Å². The van der Waals surface area contributed by atoms with E-state index in [0.717, 1.165) is 0 Å². The zero-order chi connectivity index (χ0) is 13.6. The highest BCUT2D eigenvalue weighted by Gasteiger charge is 2.43. The van der Waals surface area contributed by atoms with E-state index < -0.39 is 33.7 Å². The van der Waals surface area contributed by atoms with Crippen LogP contribution < -0.4 is 4.18 Å². The molecule has 0 aromatic heterocycles. The van der Waals surface area contributed by atoms with Crippen molar-refractivity contribution in [3.63, 3.8) is 0 Å². The minimum atomic E-state index is -4.59. The lowest BCUT2D eigenvalue weighted by Crippen LogP contribution is -2.36.